The Balaban J connectivity index is 1.48. The number of hydrogen-bond donors (Lipinski definition) is 1. The number of imide groups is 1. The smallest absolute Gasteiger partial charge is 0.407 e. The first-order valence-electron chi connectivity index (χ1n) is 13.8. The lowest BCUT2D eigenvalue weighted by atomic mass is 9.96. The number of fused-ring (bicyclic) bond motifs is 2. The minimum Gasteiger partial charge on any atom is -0.444 e. The molecule has 12 heteroatoms. The van der Waals surface area contributed by atoms with Crippen molar-refractivity contribution in [1.82, 2.24) is 30.0 Å². The van der Waals surface area contributed by atoms with E-state index in [1.807, 2.05) is 25.7 Å². The number of likely N-dealkylation sites (tertiary alicyclic amines) is 1. The van der Waals surface area contributed by atoms with Gasteiger partial charge in [0.2, 0.25) is 5.96 Å². The standard InChI is InChI=1S/C29H36N8O4/c1-7-8-17-36-23-24(38)37(21-13-9-12-20-22(21)31-15-14-30-20)27(40)34(6)29(23,5)33-25(36)35-16-10-11-19(18-35)32-26(39)41-28(2,3)4/h9,12-15,19,23H,10-11,16-18H2,1-6H3,(H,32,39)/t19-,23?,29?/m1/s1. The molecule has 0 bridgehead atoms. The largest absolute Gasteiger partial charge is 0.444 e. The van der Waals surface area contributed by atoms with E-state index in [4.69, 9.17) is 9.73 Å². The van der Waals surface area contributed by atoms with Crippen molar-refractivity contribution in [2.45, 2.75) is 70.8 Å². The molecule has 2 saturated heterocycles. The van der Waals surface area contributed by atoms with Crippen LogP contribution < -0.4 is 10.2 Å². The van der Waals surface area contributed by atoms with Gasteiger partial charge in [0.1, 0.15) is 11.1 Å². The number of rotatable bonds is 3. The Morgan fingerprint density at radius 3 is 2.71 bits per heavy atom. The number of ether oxygens (including phenoxy) is 1. The van der Waals surface area contributed by atoms with E-state index in [2.05, 4.69) is 32.0 Å². The van der Waals surface area contributed by atoms with Crippen LogP contribution in [0.25, 0.3) is 11.0 Å². The lowest BCUT2D eigenvalue weighted by Gasteiger charge is -2.47. The molecular formula is C29H36N8O4. The highest BCUT2D eigenvalue weighted by molar-refractivity contribution is 6.22. The van der Waals surface area contributed by atoms with Gasteiger partial charge in [-0.1, -0.05) is 12.0 Å². The third-order valence-corrected chi connectivity index (χ3v) is 7.59. The summed E-state index contributed by atoms with van der Waals surface area (Å²) in [6.07, 6.45) is 4.22. The monoisotopic (exact) mass is 560 g/mol. The van der Waals surface area contributed by atoms with Crippen molar-refractivity contribution in [3.63, 3.8) is 0 Å². The lowest BCUT2D eigenvalue weighted by Crippen LogP contribution is -2.71. The Bertz CT molecular complexity index is 1470. The van der Waals surface area contributed by atoms with Gasteiger partial charge in [-0.05, 0) is 59.6 Å². The Kier molecular flexibility index (Phi) is 7.23. The van der Waals surface area contributed by atoms with Gasteiger partial charge < -0.3 is 19.9 Å². The summed E-state index contributed by atoms with van der Waals surface area (Å²) in [7, 11) is 1.66. The average molecular weight is 561 g/mol. The predicted octanol–water partition coefficient (Wildman–Crippen LogP) is 2.80. The second-order valence-corrected chi connectivity index (χ2v) is 11.6. The number of hydrogen-bond acceptors (Lipinski definition) is 9. The van der Waals surface area contributed by atoms with Crippen molar-refractivity contribution in [3.8, 4) is 11.8 Å². The number of likely N-dealkylation sites (N-methyl/N-ethyl adjacent to an activating group) is 1. The topological polar surface area (TPSA) is 124 Å². The molecule has 12 nitrogen and oxygen atoms in total. The SMILES string of the molecule is CC#CCN1C(N2CCC[C@@H](NC(=O)OC(C)(C)C)C2)=NC2(C)C1C(=O)N(c1cccc3nccnc13)C(=O)N2C. The number of nitrogens with one attached hydrogen (secondary N) is 1. The summed E-state index contributed by atoms with van der Waals surface area (Å²) in [6, 6.07) is 3.75. The summed E-state index contributed by atoms with van der Waals surface area (Å²) in [5.74, 6) is 6.18. The molecule has 2 aromatic rings. The lowest BCUT2D eigenvalue weighted by molar-refractivity contribution is -0.126. The Hall–Kier alpha value is -4.40. The van der Waals surface area contributed by atoms with Gasteiger partial charge in [0.25, 0.3) is 5.91 Å². The molecule has 41 heavy (non-hydrogen) atoms. The van der Waals surface area contributed by atoms with Crippen LogP contribution in [0.5, 0.6) is 0 Å². The average Bonchev–Trinajstić information content (AvgIpc) is 3.23. The molecule has 0 saturated carbocycles. The number of urea groups is 1. The molecule has 3 aliphatic heterocycles. The summed E-state index contributed by atoms with van der Waals surface area (Å²) < 4.78 is 5.46. The van der Waals surface area contributed by atoms with Crippen molar-refractivity contribution >= 4 is 40.7 Å². The van der Waals surface area contributed by atoms with E-state index in [-0.39, 0.29) is 12.6 Å². The van der Waals surface area contributed by atoms with Crippen LogP contribution >= 0.6 is 0 Å². The first kappa shape index (κ1) is 28.1. The van der Waals surface area contributed by atoms with Crippen molar-refractivity contribution < 1.29 is 19.1 Å². The van der Waals surface area contributed by atoms with E-state index < -0.39 is 35.3 Å². The molecule has 1 aromatic heterocycles. The number of alkyl carbamates (subject to hydrolysis) is 1. The van der Waals surface area contributed by atoms with E-state index in [1.54, 1.807) is 45.3 Å². The number of carbonyl (C=O) groups excluding carboxylic acids is 3. The summed E-state index contributed by atoms with van der Waals surface area (Å²) in [5, 5.41) is 2.97. The van der Waals surface area contributed by atoms with Crippen LogP contribution in [0.3, 0.4) is 0 Å². The first-order valence-corrected chi connectivity index (χ1v) is 13.8. The van der Waals surface area contributed by atoms with Crippen LogP contribution in [0.1, 0.15) is 47.5 Å². The zero-order valence-electron chi connectivity index (χ0n) is 24.3. The molecule has 0 radical (unpaired) electrons. The third kappa shape index (κ3) is 5.12. The molecule has 0 aliphatic carbocycles. The van der Waals surface area contributed by atoms with Crippen LogP contribution in [0.2, 0.25) is 0 Å². The summed E-state index contributed by atoms with van der Waals surface area (Å²) in [4.78, 5) is 61.0. The van der Waals surface area contributed by atoms with Gasteiger partial charge in [0, 0.05) is 38.6 Å². The number of aliphatic imine (C=N–C) groups is 1. The molecule has 216 valence electrons. The minimum absolute atomic E-state index is 0.170. The summed E-state index contributed by atoms with van der Waals surface area (Å²) >= 11 is 0. The highest BCUT2D eigenvalue weighted by atomic mass is 16.6. The number of para-hydroxylation sites is 1. The van der Waals surface area contributed by atoms with E-state index in [1.165, 1.54) is 16.0 Å². The number of nitrogens with zero attached hydrogens (tertiary/aromatic N) is 7. The first-order chi connectivity index (χ1) is 19.4. The second kappa shape index (κ2) is 10.5. The number of carbonyl (C=O) groups is 3. The number of benzene rings is 1. The predicted molar refractivity (Wildman–Crippen MR) is 154 cm³/mol. The van der Waals surface area contributed by atoms with Gasteiger partial charge >= 0.3 is 12.1 Å². The van der Waals surface area contributed by atoms with Gasteiger partial charge in [-0.3, -0.25) is 19.7 Å². The maximum absolute atomic E-state index is 14.3. The quantitative estimate of drug-likeness (QED) is 0.569. The highest BCUT2D eigenvalue weighted by Crippen LogP contribution is 2.40. The van der Waals surface area contributed by atoms with Crippen molar-refractivity contribution in [2.75, 3.05) is 31.6 Å². The molecule has 0 spiro atoms. The van der Waals surface area contributed by atoms with Crippen LogP contribution in [0, 0.1) is 11.8 Å². The van der Waals surface area contributed by atoms with Gasteiger partial charge in [-0.25, -0.2) is 19.5 Å². The van der Waals surface area contributed by atoms with Gasteiger partial charge in [-0.2, -0.15) is 0 Å². The molecule has 4 amide bonds. The normalized spacial score (nSPS) is 24.6. The Labute approximate surface area is 239 Å². The van der Waals surface area contributed by atoms with Crippen molar-refractivity contribution in [1.29, 1.82) is 0 Å². The maximum atomic E-state index is 14.3. The fraction of sp³-hybridized carbons (Fsp3) is 0.517. The summed E-state index contributed by atoms with van der Waals surface area (Å²) in [6.45, 7) is 10.4. The zero-order chi connectivity index (χ0) is 29.5. The van der Waals surface area contributed by atoms with Crippen molar-refractivity contribution in [2.24, 2.45) is 4.99 Å². The zero-order valence-corrected chi connectivity index (χ0v) is 24.3. The van der Waals surface area contributed by atoms with Crippen LogP contribution in [-0.4, -0.2) is 98.7 Å². The Morgan fingerprint density at radius 2 is 1.98 bits per heavy atom. The molecule has 4 heterocycles. The number of amides is 4. The highest BCUT2D eigenvalue weighted by Gasteiger charge is 2.60. The minimum atomic E-state index is -1.17. The number of aromatic nitrogens is 2. The van der Waals surface area contributed by atoms with Crippen molar-refractivity contribution in [3.05, 3.63) is 30.6 Å². The fourth-order valence-corrected chi connectivity index (χ4v) is 5.63. The third-order valence-electron chi connectivity index (χ3n) is 7.59. The summed E-state index contributed by atoms with van der Waals surface area (Å²) in [5.41, 5.74) is -0.367. The molecule has 2 fully saturated rings. The van der Waals surface area contributed by atoms with Crippen LogP contribution in [0.15, 0.2) is 35.6 Å². The van der Waals surface area contributed by atoms with Crippen LogP contribution in [0.4, 0.5) is 15.3 Å². The second-order valence-electron chi connectivity index (χ2n) is 11.6. The van der Waals surface area contributed by atoms with E-state index in [0.29, 0.717) is 35.8 Å². The fourth-order valence-electron chi connectivity index (χ4n) is 5.63. The molecule has 1 N–H and O–H groups in total. The van der Waals surface area contributed by atoms with E-state index in [0.717, 1.165) is 12.8 Å². The molecular weight excluding hydrogens is 524 g/mol. The van der Waals surface area contributed by atoms with Crippen LogP contribution in [-0.2, 0) is 9.53 Å². The maximum Gasteiger partial charge on any atom is 0.407 e. The molecule has 2 unspecified atom stereocenters. The van der Waals surface area contributed by atoms with Gasteiger partial charge in [-0.15, -0.1) is 5.92 Å². The molecule has 5 rings (SSSR count). The van der Waals surface area contributed by atoms with E-state index in [9.17, 15) is 14.4 Å². The molecule has 3 atom stereocenters. The number of guanidine groups is 1. The number of anilines is 1. The molecule has 3 aliphatic rings. The Morgan fingerprint density at radius 1 is 1.22 bits per heavy atom. The van der Waals surface area contributed by atoms with Gasteiger partial charge in [0.15, 0.2) is 11.7 Å². The number of piperidine rings is 1. The van der Waals surface area contributed by atoms with E-state index >= 15 is 0 Å². The van der Waals surface area contributed by atoms with Gasteiger partial charge in [0.05, 0.1) is 17.7 Å². The molecule has 1 aromatic carbocycles.